The van der Waals surface area contributed by atoms with E-state index in [0.29, 0.717) is 0 Å². The molecule has 0 heterocycles. The third-order valence-corrected chi connectivity index (χ3v) is 4.01. The largest absolute Gasteiger partial charge is 0.321 e. The van der Waals surface area contributed by atoms with Gasteiger partial charge in [-0.2, -0.15) is 5.26 Å². The van der Waals surface area contributed by atoms with Crippen LogP contribution in [0, 0.1) is 25.2 Å². The Balaban J connectivity index is 2.31. The van der Waals surface area contributed by atoms with E-state index in [2.05, 4.69) is 21.2 Å². The number of anilines is 1. The first kappa shape index (κ1) is 16.0. The highest BCUT2D eigenvalue weighted by Crippen LogP contribution is 2.22. The zero-order valence-electron chi connectivity index (χ0n) is 12.4. The molecule has 0 saturated heterocycles. The summed E-state index contributed by atoms with van der Waals surface area (Å²) in [4.78, 5) is 12.3. The first-order valence-electron chi connectivity index (χ1n) is 6.77. The lowest BCUT2D eigenvalue weighted by molar-refractivity contribution is -0.112. The van der Waals surface area contributed by atoms with Crippen molar-refractivity contribution in [2.24, 2.45) is 0 Å². The van der Waals surface area contributed by atoms with Crippen LogP contribution in [0.3, 0.4) is 0 Å². The minimum atomic E-state index is -0.407. The van der Waals surface area contributed by atoms with Crippen LogP contribution in [0.25, 0.3) is 6.08 Å². The first-order valence-corrected chi connectivity index (χ1v) is 7.56. The van der Waals surface area contributed by atoms with Gasteiger partial charge in [0, 0.05) is 10.2 Å². The molecule has 0 aliphatic rings. The number of benzene rings is 2. The SMILES string of the molecule is Cc1cccc(C)c1NC(=O)/C(C#N)=C/c1ccccc1Br. The number of hydrogen-bond acceptors (Lipinski definition) is 2. The molecular weight excluding hydrogens is 340 g/mol. The highest BCUT2D eigenvalue weighted by atomic mass is 79.9. The van der Waals surface area contributed by atoms with E-state index in [-0.39, 0.29) is 5.57 Å². The van der Waals surface area contributed by atoms with Crippen LogP contribution in [0.1, 0.15) is 16.7 Å². The van der Waals surface area contributed by atoms with Gasteiger partial charge in [-0.25, -0.2) is 0 Å². The third kappa shape index (κ3) is 3.63. The number of carbonyl (C=O) groups excluding carboxylic acids is 1. The molecule has 0 aliphatic carbocycles. The topological polar surface area (TPSA) is 52.9 Å². The lowest BCUT2D eigenvalue weighted by atomic mass is 10.1. The lowest BCUT2D eigenvalue weighted by Gasteiger charge is -2.11. The number of carbonyl (C=O) groups is 1. The molecule has 0 spiro atoms. The lowest BCUT2D eigenvalue weighted by Crippen LogP contribution is -2.15. The van der Waals surface area contributed by atoms with Crippen molar-refractivity contribution >= 4 is 33.6 Å². The van der Waals surface area contributed by atoms with Crippen LogP contribution in [0.5, 0.6) is 0 Å². The van der Waals surface area contributed by atoms with E-state index in [1.807, 2.05) is 62.4 Å². The van der Waals surface area contributed by atoms with Crippen LogP contribution in [-0.2, 0) is 4.79 Å². The molecule has 0 radical (unpaired) electrons. The van der Waals surface area contributed by atoms with E-state index in [1.54, 1.807) is 6.08 Å². The predicted molar refractivity (Wildman–Crippen MR) is 92.3 cm³/mol. The maximum Gasteiger partial charge on any atom is 0.266 e. The second-order valence-corrected chi connectivity index (χ2v) is 5.77. The molecule has 1 amide bonds. The van der Waals surface area contributed by atoms with Crippen LogP contribution >= 0.6 is 15.9 Å². The van der Waals surface area contributed by atoms with Gasteiger partial charge in [-0.3, -0.25) is 4.79 Å². The summed E-state index contributed by atoms with van der Waals surface area (Å²) in [5.74, 6) is -0.407. The molecule has 0 saturated carbocycles. The van der Waals surface area contributed by atoms with Crippen molar-refractivity contribution < 1.29 is 4.79 Å². The highest BCUT2D eigenvalue weighted by molar-refractivity contribution is 9.10. The van der Waals surface area contributed by atoms with E-state index in [0.717, 1.165) is 26.9 Å². The maximum atomic E-state index is 12.3. The highest BCUT2D eigenvalue weighted by Gasteiger charge is 2.12. The molecule has 3 nitrogen and oxygen atoms in total. The molecule has 1 N–H and O–H groups in total. The number of nitriles is 1. The average molecular weight is 355 g/mol. The Morgan fingerprint density at radius 1 is 1.14 bits per heavy atom. The molecule has 4 heteroatoms. The summed E-state index contributed by atoms with van der Waals surface area (Å²) in [6, 6.07) is 15.2. The van der Waals surface area contributed by atoms with Crippen LogP contribution in [-0.4, -0.2) is 5.91 Å². The van der Waals surface area contributed by atoms with Crippen molar-refractivity contribution in [2.45, 2.75) is 13.8 Å². The minimum absolute atomic E-state index is 0.0644. The number of aryl methyl sites for hydroxylation is 2. The molecule has 110 valence electrons. The maximum absolute atomic E-state index is 12.3. The van der Waals surface area contributed by atoms with E-state index >= 15 is 0 Å². The Labute approximate surface area is 138 Å². The van der Waals surface area contributed by atoms with Crippen molar-refractivity contribution in [2.75, 3.05) is 5.32 Å². The molecule has 0 atom stereocenters. The number of nitrogens with one attached hydrogen (secondary N) is 1. The minimum Gasteiger partial charge on any atom is -0.321 e. The second-order valence-electron chi connectivity index (χ2n) is 4.91. The summed E-state index contributed by atoms with van der Waals surface area (Å²) in [5.41, 5.74) is 3.53. The van der Waals surface area contributed by atoms with Gasteiger partial charge in [-0.1, -0.05) is 52.3 Å². The first-order chi connectivity index (χ1) is 10.5. The van der Waals surface area contributed by atoms with E-state index in [9.17, 15) is 10.1 Å². The molecular formula is C18H15BrN2O. The quantitative estimate of drug-likeness (QED) is 0.646. The van der Waals surface area contributed by atoms with Crippen LogP contribution in [0.15, 0.2) is 52.5 Å². The van der Waals surface area contributed by atoms with Gasteiger partial charge in [0.15, 0.2) is 0 Å². The van der Waals surface area contributed by atoms with Crippen molar-refractivity contribution in [3.8, 4) is 6.07 Å². The van der Waals surface area contributed by atoms with E-state index in [1.165, 1.54) is 0 Å². The fourth-order valence-corrected chi connectivity index (χ4v) is 2.49. The number of para-hydroxylation sites is 1. The van der Waals surface area contributed by atoms with Crippen LogP contribution in [0.4, 0.5) is 5.69 Å². The monoisotopic (exact) mass is 354 g/mol. The van der Waals surface area contributed by atoms with Gasteiger partial charge in [-0.05, 0) is 42.7 Å². The Kier molecular flexibility index (Phi) is 5.13. The summed E-state index contributed by atoms with van der Waals surface area (Å²) >= 11 is 3.41. The average Bonchev–Trinajstić information content (AvgIpc) is 2.50. The Bertz CT molecular complexity index is 768. The van der Waals surface area contributed by atoms with Gasteiger partial charge in [0.05, 0.1) is 0 Å². The van der Waals surface area contributed by atoms with Crippen molar-refractivity contribution in [1.29, 1.82) is 5.26 Å². The Morgan fingerprint density at radius 2 is 1.77 bits per heavy atom. The number of amides is 1. The third-order valence-electron chi connectivity index (χ3n) is 3.29. The molecule has 2 aromatic carbocycles. The van der Waals surface area contributed by atoms with Crippen LogP contribution in [0.2, 0.25) is 0 Å². The normalized spacial score (nSPS) is 10.9. The summed E-state index contributed by atoms with van der Waals surface area (Å²) < 4.78 is 0.836. The van der Waals surface area contributed by atoms with Crippen molar-refractivity contribution in [3.05, 3.63) is 69.2 Å². The predicted octanol–water partition coefficient (Wildman–Crippen LogP) is 4.61. The van der Waals surface area contributed by atoms with E-state index < -0.39 is 5.91 Å². The van der Waals surface area contributed by atoms with E-state index in [4.69, 9.17) is 0 Å². The number of halogens is 1. The second kappa shape index (κ2) is 7.06. The van der Waals surface area contributed by atoms with Crippen molar-refractivity contribution in [1.82, 2.24) is 0 Å². The van der Waals surface area contributed by atoms with Gasteiger partial charge in [0.1, 0.15) is 11.6 Å². The molecule has 2 rings (SSSR count). The standard InChI is InChI=1S/C18H15BrN2O/c1-12-6-5-7-13(2)17(12)21-18(22)15(11-20)10-14-8-3-4-9-16(14)19/h3-10H,1-2H3,(H,21,22)/b15-10+. The number of hydrogen-bond donors (Lipinski definition) is 1. The van der Waals surface area contributed by atoms with Gasteiger partial charge < -0.3 is 5.32 Å². The fraction of sp³-hybridized carbons (Fsp3) is 0.111. The van der Waals surface area contributed by atoms with Gasteiger partial charge in [-0.15, -0.1) is 0 Å². The smallest absolute Gasteiger partial charge is 0.266 e. The summed E-state index contributed by atoms with van der Waals surface area (Å²) in [5, 5.41) is 12.1. The summed E-state index contributed by atoms with van der Waals surface area (Å²) in [6.45, 7) is 3.85. The molecule has 0 fully saturated rings. The number of rotatable bonds is 3. The molecule has 0 aliphatic heterocycles. The van der Waals surface area contributed by atoms with Crippen LogP contribution < -0.4 is 5.32 Å². The summed E-state index contributed by atoms with van der Waals surface area (Å²) in [7, 11) is 0. The molecule has 0 unspecified atom stereocenters. The van der Waals surface area contributed by atoms with Gasteiger partial charge in [0.25, 0.3) is 5.91 Å². The Morgan fingerprint density at radius 3 is 2.36 bits per heavy atom. The summed E-state index contributed by atoms with van der Waals surface area (Å²) in [6.07, 6.45) is 1.58. The number of nitrogens with zero attached hydrogens (tertiary/aromatic N) is 1. The van der Waals surface area contributed by atoms with Gasteiger partial charge >= 0.3 is 0 Å². The molecule has 2 aromatic rings. The molecule has 0 aromatic heterocycles. The van der Waals surface area contributed by atoms with Crippen molar-refractivity contribution in [3.63, 3.8) is 0 Å². The van der Waals surface area contributed by atoms with Gasteiger partial charge in [0.2, 0.25) is 0 Å². The molecule has 22 heavy (non-hydrogen) atoms. The fourth-order valence-electron chi connectivity index (χ4n) is 2.09. The molecule has 0 bridgehead atoms. The Hall–Kier alpha value is -2.38. The zero-order chi connectivity index (χ0) is 16.1. The zero-order valence-corrected chi connectivity index (χ0v) is 13.9.